The first-order chi connectivity index (χ1) is 14.2. The van der Waals surface area contributed by atoms with Gasteiger partial charge in [0.25, 0.3) is 0 Å². The van der Waals surface area contributed by atoms with Crippen molar-refractivity contribution in [1.29, 1.82) is 0 Å². The molecule has 0 bridgehead atoms. The normalized spacial score (nSPS) is 11.4. The predicted octanol–water partition coefficient (Wildman–Crippen LogP) is 4.14. The molecule has 2 heterocycles. The number of aryl methyl sites for hydroxylation is 2. The average molecular weight is 390 g/mol. The van der Waals surface area contributed by atoms with Crippen LogP contribution in [0.3, 0.4) is 0 Å². The highest BCUT2D eigenvalue weighted by Crippen LogP contribution is 2.23. The number of rotatable bonds is 8. The van der Waals surface area contributed by atoms with Crippen molar-refractivity contribution in [2.24, 2.45) is 7.05 Å². The third-order valence-corrected chi connectivity index (χ3v) is 5.11. The van der Waals surface area contributed by atoms with E-state index in [1.54, 1.807) is 0 Å². The molecule has 0 saturated carbocycles. The number of benzene rings is 2. The van der Waals surface area contributed by atoms with E-state index in [1.807, 2.05) is 56.6 Å². The second kappa shape index (κ2) is 8.49. The molecular formula is C23H26N4O2. The molecule has 0 aliphatic rings. The fraction of sp³-hybridized carbons (Fsp3) is 0.304. The molecule has 2 aromatic carbocycles. The lowest BCUT2D eigenvalue weighted by atomic mass is 10.1. The molecule has 0 atom stereocenters. The summed E-state index contributed by atoms with van der Waals surface area (Å²) >= 11 is 0. The van der Waals surface area contributed by atoms with Gasteiger partial charge in [0.1, 0.15) is 0 Å². The number of hydrogen-bond acceptors (Lipinski definition) is 3. The van der Waals surface area contributed by atoms with Crippen molar-refractivity contribution in [2.45, 2.75) is 26.3 Å². The van der Waals surface area contributed by atoms with Crippen LogP contribution in [0, 0.1) is 0 Å². The van der Waals surface area contributed by atoms with E-state index in [0.717, 1.165) is 40.5 Å². The number of carbonyl (C=O) groups excluding carboxylic acids is 1. The first-order valence-electron chi connectivity index (χ1n) is 10.0. The van der Waals surface area contributed by atoms with Gasteiger partial charge in [0.05, 0.1) is 17.5 Å². The van der Waals surface area contributed by atoms with Gasteiger partial charge in [0, 0.05) is 43.9 Å². The van der Waals surface area contributed by atoms with E-state index in [1.165, 1.54) is 0 Å². The minimum Gasteiger partial charge on any atom is -0.382 e. The highest BCUT2D eigenvalue weighted by Gasteiger charge is 2.15. The van der Waals surface area contributed by atoms with Gasteiger partial charge in [-0.25, -0.2) is 4.98 Å². The van der Waals surface area contributed by atoms with Crippen LogP contribution in [0.25, 0.3) is 21.9 Å². The lowest BCUT2D eigenvalue weighted by Gasteiger charge is -2.10. The van der Waals surface area contributed by atoms with Crippen molar-refractivity contribution in [3.05, 3.63) is 60.3 Å². The number of imidazole rings is 1. The van der Waals surface area contributed by atoms with Crippen LogP contribution in [0.4, 0.5) is 5.95 Å². The first kappa shape index (κ1) is 19.2. The Morgan fingerprint density at radius 1 is 1.10 bits per heavy atom. The van der Waals surface area contributed by atoms with E-state index in [0.29, 0.717) is 25.6 Å². The second-order valence-corrected chi connectivity index (χ2v) is 7.13. The number of carbonyl (C=O) groups is 1. The third-order valence-electron chi connectivity index (χ3n) is 5.11. The number of fused-ring (bicyclic) bond motifs is 2. The van der Waals surface area contributed by atoms with Crippen LogP contribution in [-0.2, 0) is 29.5 Å². The molecule has 0 radical (unpaired) electrons. The van der Waals surface area contributed by atoms with E-state index < -0.39 is 0 Å². The predicted molar refractivity (Wildman–Crippen MR) is 116 cm³/mol. The highest BCUT2D eigenvalue weighted by molar-refractivity contribution is 5.96. The van der Waals surface area contributed by atoms with E-state index >= 15 is 0 Å². The summed E-state index contributed by atoms with van der Waals surface area (Å²) in [6.45, 7) is 4.13. The van der Waals surface area contributed by atoms with Gasteiger partial charge in [-0.15, -0.1) is 0 Å². The summed E-state index contributed by atoms with van der Waals surface area (Å²) in [4.78, 5) is 17.5. The maximum absolute atomic E-state index is 12.8. The molecule has 1 amide bonds. The maximum Gasteiger partial charge on any atom is 0.231 e. The Morgan fingerprint density at radius 3 is 2.69 bits per heavy atom. The van der Waals surface area contributed by atoms with E-state index in [4.69, 9.17) is 4.74 Å². The van der Waals surface area contributed by atoms with Gasteiger partial charge in [-0.1, -0.05) is 30.3 Å². The molecule has 6 nitrogen and oxygen atoms in total. The quantitative estimate of drug-likeness (QED) is 0.460. The van der Waals surface area contributed by atoms with Crippen molar-refractivity contribution >= 4 is 33.8 Å². The van der Waals surface area contributed by atoms with Crippen molar-refractivity contribution < 1.29 is 9.53 Å². The van der Waals surface area contributed by atoms with Crippen LogP contribution >= 0.6 is 0 Å². The smallest absolute Gasteiger partial charge is 0.231 e. The van der Waals surface area contributed by atoms with Gasteiger partial charge in [-0.2, -0.15) is 0 Å². The number of ether oxygens (including phenoxy) is 1. The number of para-hydroxylation sites is 3. The molecule has 0 spiro atoms. The topological polar surface area (TPSA) is 61.1 Å². The number of nitrogens with one attached hydrogen (secondary N) is 1. The van der Waals surface area contributed by atoms with Crippen LogP contribution in [0.1, 0.15) is 18.9 Å². The van der Waals surface area contributed by atoms with E-state index in [-0.39, 0.29) is 5.91 Å². The van der Waals surface area contributed by atoms with E-state index in [2.05, 4.69) is 31.6 Å². The van der Waals surface area contributed by atoms with Crippen LogP contribution < -0.4 is 5.32 Å². The molecule has 29 heavy (non-hydrogen) atoms. The van der Waals surface area contributed by atoms with Crippen LogP contribution in [0.2, 0.25) is 0 Å². The Kier molecular flexibility index (Phi) is 5.62. The van der Waals surface area contributed by atoms with Crippen molar-refractivity contribution in [2.75, 3.05) is 18.5 Å². The molecule has 0 aliphatic carbocycles. The van der Waals surface area contributed by atoms with Crippen LogP contribution in [-0.4, -0.2) is 33.2 Å². The van der Waals surface area contributed by atoms with Crippen molar-refractivity contribution in [3.8, 4) is 0 Å². The minimum absolute atomic E-state index is 0.0669. The van der Waals surface area contributed by atoms with Crippen LogP contribution in [0.5, 0.6) is 0 Å². The summed E-state index contributed by atoms with van der Waals surface area (Å²) in [7, 11) is 2.00. The van der Waals surface area contributed by atoms with Gasteiger partial charge >= 0.3 is 0 Å². The molecule has 4 rings (SSSR count). The molecule has 6 heteroatoms. The Bertz CT molecular complexity index is 1140. The van der Waals surface area contributed by atoms with Crippen LogP contribution in [0.15, 0.2) is 54.7 Å². The second-order valence-electron chi connectivity index (χ2n) is 7.13. The van der Waals surface area contributed by atoms with Gasteiger partial charge in [-0.05, 0) is 37.1 Å². The van der Waals surface area contributed by atoms with Gasteiger partial charge in [0.2, 0.25) is 11.9 Å². The Morgan fingerprint density at radius 2 is 1.86 bits per heavy atom. The number of anilines is 1. The number of amides is 1. The SMILES string of the molecule is CCOCCCn1c(NC(=O)Cc2cn(C)c3ccccc23)nc2ccccc21. The third kappa shape index (κ3) is 4.03. The molecule has 0 saturated heterocycles. The zero-order chi connectivity index (χ0) is 20.2. The number of aromatic nitrogens is 3. The molecule has 4 aromatic rings. The zero-order valence-electron chi connectivity index (χ0n) is 16.9. The fourth-order valence-electron chi connectivity index (χ4n) is 3.77. The number of hydrogen-bond donors (Lipinski definition) is 1. The number of nitrogens with zero attached hydrogens (tertiary/aromatic N) is 3. The molecular weight excluding hydrogens is 364 g/mol. The minimum atomic E-state index is -0.0669. The molecule has 150 valence electrons. The monoisotopic (exact) mass is 390 g/mol. The van der Waals surface area contributed by atoms with Crippen molar-refractivity contribution in [3.63, 3.8) is 0 Å². The molecule has 0 fully saturated rings. The zero-order valence-corrected chi connectivity index (χ0v) is 16.9. The molecule has 0 aliphatic heterocycles. The largest absolute Gasteiger partial charge is 0.382 e. The molecule has 2 aromatic heterocycles. The summed E-state index contributed by atoms with van der Waals surface area (Å²) in [5, 5.41) is 4.13. The summed E-state index contributed by atoms with van der Waals surface area (Å²) in [5.74, 6) is 0.524. The van der Waals surface area contributed by atoms with Gasteiger partial charge in [0.15, 0.2) is 0 Å². The van der Waals surface area contributed by atoms with E-state index in [9.17, 15) is 4.79 Å². The fourth-order valence-corrected chi connectivity index (χ4v) is 3.77. The summed E-state index contributed by atoms with van der Waals surface area (Å²) < 4.78 is 9.58. The van der Waals surface area contributed by atoms with Gasteiger partial charge < -0.3 is 13.9 Å². The Labute approximate surface area is 170 Å². The maximum atomic E-state index is 12.8. The molecule has 0 unspecified atom stereocenters. The first-order valence-corrected chi connectivity index (χ1v) is 10.0. The highest BCUT2D eigenvalue weighted by atomic mass is 16.5. The Balaban J connectivity index is 1.55. The Hall–Kier alpha value is -3.12. The van der Waals surface area contributed by atoms with Gasteiger partial charge in [-0.3, -0.25) is 10.1 Å². The van der Waals surface area contributed by atoms with Crippen molar-refractivity contribution in [1.82, 2.24) is 14.1 Å². The lowest BCUT2D eigenvalue weighted by Crippen LogP contribution is -2.18. The summed E-state index contributed by atoms with van der Waals surface area (Å²) in [5.41, 5.74) is 4.03. The average Bonchev–Trinajstić information content (AvgIpc) is 3.23. The standard InChI is InChI=1S/C23H26N4O2/c1-3-29-14-8-13-27-21-12-7-5-10-19(21)24-23(27)25-22(28)15-17-16-26(2)20-11-6-4-9-18(17)20/h4-7,9-12,16H,3,8,13-15H2,1-2H3,(H,24,25,28). The lowest BCUT2D eigenvalue weighted by molar-refractivity contribution is -0.115. The molecule has 1 N–H and O–H groups in total. The summed E-state index contributed by atoms with van der Waals surface area (Å²) in [6, 6.07) is 16.1. The summed E-state index contributed by atoms with van der Waals surface area (Å²) in [6.07, 6.45) is 3.19.